The van der Waals surface area contributed by atoms with Crippen molar-refractivity contribution in [1.82, 2.24) is 0 Å². The van der Waals surface area contributed by atoms with Gasteiger partial charge in [-0.15, -0.1) is 0 Å². The molecule has 0 radical (unpaired) electrons. The monoisotopic (exact) mass is 256 g/mol. The minimum absolute atomic E-state index is 0.678. The van der Waals surface area contributed by atoms with E-state index < -0.39 is 0 Å². The molecule has 2 heteroatoms. The topological polar surface area (TPSA) is 18.5 Å². The number of aryl methyl sites for hydroxylation is 1. The van der Waals surface area contributed by atoms with Gasteiger partial charge in [-0.25, -0.2) is 0 Å². The van der Waals surface area contributed by atoms with Gasteiger partial charge in [0.2, 0.25) is 0 Å². The second-order valence-corrected chi connectivity index (χ2v) is 4.36. The molecule has 0 atom stereocenters. The summed E-state index contributed by atoms with van der Waals surface area (Å²) in [6.45, 7) is 3.51. The SMILES string of the molecule is CCc1ccc(OCCCOc2ccccc2)cc1. The van der Waals surface area contributed by atoms with E-state index in [-0.39, 0.29) is 0 Å². The molecule has 0 amide bonds. The van der Waals surface area contributed by atoms with E-state index in [1.165, 1.54) is 5.56 Å². The highest BCUT2D eigenvalue weighted by atomic mass is 16.5. The maximum absolute atomic E-state index is 5.66. The van der Waals surface area contributed by atoms with Gasteiger partial charge in [0.25, 0.3) is 0 Å². The molecule has 0 saturated carbocycles. The highest BCUT2D eigenvalue weighted by Crippen LogP contribution is 2.13. The van der Waals surface area contributed by atoms with Crippen molar-refractivity contribution in [2.75, 3.05) is 13.2 Å². The van der Waals surface area contributed by atoms with E-state index in [1.54, 1.807) is 0 Å². The van der Waals surface area contributed by atoms with Crippen molar-refractivity contribution in [2.45, 2.75) is 19.8 Å². The summed E-state index contributed by atoms with van der Waals surface area (Å²) in [5, 5.41) is 0. The fourth-order valence-corrected chi connectivity index (χ4v) is 1.78. The van der Waals surface area contributed by atoms with Crippen molar-refractivity contribution < 1.29 is 9.47 Å². The molecule has 0 aromatic heterocycles. The second kappa shape index (κ2) is 7.47. The Kier molecular flexibility index (Phi) is 5.30. The molecule has 0 bridgehead atoms. The lowest BCUT2D eigenvalue weighted by Gasteiger charge is -2.08. The van der Waals surface area contributed by atoms with Crippen LogP contribution in [0.5, 0.6) is 11.5 Å². The van der Waals surface area contributed by atoms with E-state index in [9.17, 15) is 0 Å². The molecule has 0 fully saturated rings. The lowest BCUT2D eigenvalue weighted by atomic mass is 10.2. The van der Waals surface area contributed by atoms with Gasteiger partial charge in [0.15, 0.2) is 0 Å². The number of rotatable bonds is 7. The van der Waals surface area contributed by atoms with Crippen molar-refractivity contribution in [1.29, 1.82) is 0 Å². The maximum Gasteiger partial charge on any atom is 0.119 e. The Labute approximate surface area is 115 Å². The van der Waals surface area contributed by atoms with Crippen LogP contribution in [0.25, 0.3) is 0 Å². The van der Waals surface area contributed by atoms with Gasteiger partial charge >= 0.3 is 0 Å². The van der Waals surface area contributed by atoms with Crippen LogP contribution in [0, 0.1) is 0 Å². The van der Waals surface area contributed by atoms with Crippen LogP contribution >= 0.6 is 0 Å². The van der Waals surface area contributed by atoms with E-state index >= 15 is 0 Å². The van der Waals surface area contributed by atoms with Crippen LogP contribution in [0.1, 0.15) is 18.9 Å². The molecule has 19 heavy (non-hydrogen) atoms. The first kappa shape index (κ1) is 13.5. The van der Waals surface area contributed by atoms with Crippen LogP contribution in [0.3, 0.4) is 0 Å². The number of hydrogen-bond acceptors (Lipinski definition) is 2. The predicted molar refractivity (Wildman–Crippen MR) is 77.9 cm³/mol. The lowest BCUT2D eigenvalue weighted by molar-refractivity contribution is 0.247. The minimum Gasteiger partial charge on any atom is -0.493 e. The Balaban J connectivity index is 1.63. The van der Waals surface area contributed by atoms with E-state index in [4.69, 9.17) is 9.47 Å². The summed E-state index contributed by atoms with van der Waals surface area (Å²) in [6.07, 6.45) is 1.94. The Morgan fingerprint density at radius 3 is 1.89 bits per heavy atom. The largest absolute Gasteiger partial charge is 0.493 e. The maximum atomic E-state index is 5.66. The van der Waals surface area contributed by atoms with E-state index in [2.05, 4.69) is 19.1 Å². The fourth-order valence-electron chi connectivity index (χ4n) is 1.78. The molecule has 0 aliphatic rings. The summed E-state index contributed by atoms with van der Waals surface area (Å²) in [7, 11) is 0. The molecular weight excluding hydrogens is 236 g/mol. The number of hydrogen-bond donors (Lipinski definition) is 0. The van der Waals surface area contributed by atoms with Crippen molar-refractivity contribution in [3.63, 3.8) is 0 Å². The third-order valence-electron chi connectivity index (χ3n) is 2.90. The normalized spacial score (nSPS) is 10.2. The van der Waals surface area contributed by atoms with Crippen LogP contribution in [0.15, 0.2) is 54.6 Å². The Morgan fingerprint density at radius 2 is 1.32 bits per heavy atom. The van der Waals surface area contributed by atoms with Gasteiger partial charge < -0.3 is 9.47 Å². The first-order valence-electron chi connectivity index (χ1n) is 6.78. The Hall–Kier alpha value is -1.96. The lowest BCUT2D eigenvalue weighted by Crippen LogP contribution is -2.04. The number of para-hydroxylation sites is 1. The second-order valence-electron chi connectivity index (χ2n) is 4.36. The molecular formula is C17H20O2. The quantitative estimate of drug-likeness (QED) is 0.694. The molecule has 0 heterocycles. The third-order valence-corrected chi connectivity index (χ3v) is 2.90. The van der Waals surface area contributed by atoms with Gasteiger partial charge in [0.05, 0.1) is 13.2 Å². The molecule has 2 nitrogen and oxygen atoms in total. The first-order chi connectivity index (χ1) is 9.38. The summed E-state index contributed by atoms with van der Waals surface area (Å²) in [4.78, 5) is 0. The Bertz CT molecular complexity index is 462. The van der Waals surface area contributed by atoms with Crippen molar-refractivity contribution in [3.8, 4) is 11.5 Å². The first-order valence-corrected chi connectivity index (χ1v) is 6.78. The summed E-state index contributed by atoms with van der Waals surface area (Å²) >= 11 is 0. The summed E-state index contributed by atoms with van der Waals surface area (Å²) < 4.78 is 11.3. The third kappa shape index (κ3) is 4.66. The predicted octanol–water partition coefficient (Wildman–Crippen LogP) is 4.10. The standard InChI is InChI=1S/C17H20O2/c1-2-15-9-11-17(12-10-15)19-14-6-13-18-16-7-4-3-5-8-16/h3-5,7-12H,2,6,13-14H2,1H3. The van der Waals surface area contributed by atoms with E-state index in [0.29, 0.717) is 13.2 Å². The molecule has 0 spiro atoms. The highest BCUT2D eigenvalue weighted by Gasteiger charge is 1.95. The van der Waals surface area contributed by atoms with Gasteiger partial charge in [0, 0.05) is 6.42 Å². The van der Waals surface area contributed by atoms with Gasteiger partial charge in [-0.3, -0.25) is 0 Å². The average molecular weight is 256 g/mol. The molecule has 0 aliphatic carbocycles. The summed E-state index contributed by atoms with van der Waals surface area (Å²) in [5.41, 5.74) is 1.33. The van der Waals surface area contributed by atoms with Crippen molar-refractivity contribution >= 4 is 0 Å². The molecule has 0 saturated heterocycles. The van der Waals surface area contributed by atoms with Crippen LogP contribution in [-0.4, -0.2) is 13.2 Å². The molecule has 2 rings (SSSR count). The van der Waals surface area contributed by atoms with Crippen LogP contribution in [-0.2, 0) is 6.42 Å². The zero-order valence-electron chi connectivity index (χ0n) is 11.3. The molecule has 0 aliphatic heterocycles. The van der Waals surface area contributed by atoms with Crippen molar-refractivity contribution in [2.24, 2.45) is 0 Å². The molecule has 0 N–H and O–H groups in total. The minimum atomic E-state index is 0.678. The smallest absolute Gasteiger partial charge is 0.119 e. The van der Waals surface area contributed by atoms with Gasteiger partial charge in [0.1, 0.15) is 11.5 Å². The van der Waals surface area contributed by atoms with Crippen LogP contribution < -0.4 is 9.47 Å². The molecule has 2 aromatic rings. The van der Waals surface area contributed by atoms with Crippen LogP contribution in [0.2, 0.25) is 0 Å². The average Bonchev–Trinajstić information content (AvgIpc) is 2.49. The Morgan fingerprint density at radius 1 is 0.737 bits per heavy atom. The fraction of sp³-hybridized carbons (Fsp3) is 0.294. The summed E-state index contributed by atoms with van der Waals surface area (Å²) in [5.74, 6) is 1.84. The molecule has 2 aromatic carbocycles. The summed E-state index contributed by atoms with van der Waals surface area (Å²) in [6, 6.07) is 18.1. The van der Waals surface area contributed by atoms with E-state index in [1.807, 2.05) is 42.5 Å². The van der Waals surface area contributed by atoms with Gasteiger partial charge in [-0.2, -0.15) is 0 Å². The molecule has 100 valence electrons. The highest BCUT2D eigenvalue weighted by molar-refractivity contribution is 5.27. The van der Waals surface area contributed by atoms with Gasteiger partial charge in [-0.1, -0.05) is 37.3 Å². The number of ether oxygens (including phenoxy) is 2. The van der Waals surface area contributed by atoms with Crippen LogP contribution in [0.4, 0.5) is 0 Å². The molecule has 0 unspecified atom stereocenters. The zero-order chi connectivity index (χ0) is 13.3. The van der Waals surface area contributed by atoms with Gasteiger partial charge in [-0.05, 0) is 36.2 Å². The zero-order valence-corrected chi connectivity index (χ0v) is 11.3. The van der Waals surface area contributed by atoms with E-state index in [0.717, 1.165) is 24.3 Å². The number of benzene rings is 2. The van der Waals surface area contributed by atoms with Crippen molar-refractivity contribution in [3.05, 3.63) is 60.2 Å².